The Hall–Kier alpha value is -1.67. The minimum Gasteiger partial charge on any atom is -0.393 e. The van der Waals surface area contributed by atoms with Gasteiger partial charge in [-0.25, -0.2) is 0 Å². The molecule has 14 heavy (non-hydrogen) atoms. The van der Waals surface area contributed by atoms with E-state index in [9.17, 15) is 0 Å². The average Bonchev–Trinajstić information content (AvgIpc) is 2.18. The molecule has 0 fully saturated rings. The van der Waals surface area contributed by atoms with E-state index in [1.807, 2.05) is 6.07 Å². The van der Waals surface area contributed by atoms with Crippen LogP contribution in [-0.4, -0.2) is 28.0 Å². The number of hydrogen-bond donors (Lipinski definition) is 2. The molecule has 1 atom stereocenters. The lowest BCUT2D eigenvalue weighted by Crippen LogP contribution is -2.10. The van der Waals surface area contributed by atoms with Crippen molar-refractivity contribution < 1.29 is 5.11 Å². The SMILES string of the molecule is CC(O)CCNc1cc(C#N)cnn1. The molecule has 0 aliphatic rings. The van der Waals surface area contributed by atoms with E-state index in [1.165, 1.54) is 6.20 Å². The van der Waals surface area contributed by atoms with Crippen molar-refractivity contribution in [2.24, 2.45) is 0 Å². The van der Waals surface area contributed by atoms with Gasteiger partial charge in [-0.05, 0) is 13.3 Å². The summed E-state index contributed by atoms with van der Waals surface area (Å²) >= 11 is 0. The van der Waals surface area contributed by atoms with E-state index >= 15 is 0 Å². The summed E-state index contributed by atoms with van der Waals surface area (Å²) in [6.45, 7) is 2.33. The predicted octanol–water partition coefficient (Wildman–Crippen LogP) is 0.531. The smallest absolute Gasteiger partial charge is 0.149 e. The summed E-state index contributed by atoms with van der Waals surface area (Å²) in [5.41, 5.74) is 0.472. The molecular formula is C9H12N4O. The molecule has 74 valence electrons. The van der Waals surface area contributed by atoms with Crippen molar-refractivity contribution in [3.8, 4) is 6.07 Å². The zero-order valence-corrected chi connectivity index (χ0v) is 7.94. The molecule has 2 N–H and O–H groups in total. The first kappa shape index (κ1) is 10.4. The van der Waals surface area contributed by atoms with Crippen LogP contribution in [-0.2, 0) is 0 Å². The fourth-order valence-corrected chi connectivity index (χ4v) is 0.923. The quantitative estimate of drug-likeness (QED) is 0.727. The van der Waals surface area contributed by atoms with Gasteiger partial charge in [-0.3, -0.25) is 0 Å². The second kappa shape index (κ2) is 5.14. The van der Waals surface area contributed by atoms with Crippen molar-refractivity contribution in [1.29, 1.82) is 5.26 Å². The van der Waals surface area contributed by atoms with Gasteiger partial charge in [0, 0.05) is 12.6 Å². The molecule has 0 bridgehead atoms. The Kier molecular flexibility index (Phi) is 3.83. The van der Waals surface area contributed by atoms with Gasteiger partial charge in [0.25, 0.3) is 0 Å². The first-order valence-electron chi connectivity index (χ1n) is 4.37. The number of aliphatic hydroxyl groups is 1. The predicted molar refractivity (Wildman–Crippen MR) is 51.5 cm³/mol. The summed E-state index contributed by atoms with van der Waals surface area (Å²) in [6, 6.07) is 3.59. The molecule has 0 amide bonds. The molecule has 1 aromatic heterocycles. The van der Waals surface area contributed by atoms with Crippen molar-refractivity contribution in [2.75, 3.05) is 11.9 Å². The first-order valence-corrected chi connectivity index (χ1v) is 4.37. The number of nitriles is 1. The second-order valence-corrected chi connectivity index (χ2v) is 3.01. The van der Waals surface area contributed by atoms with Gasteiger partial charge >= 0.3 is 0 Å². The maximum Gasteiger partial charge on any atom is 0.149 e. The Bertz CT molecular complexity index is 332. The van der Waals surface area contributed by atoms with E-state index in [2.05, 4.69) is 15.5 Å². The Balaban J connectivity index is 2.47. The summed E-state index contributed by atoms with van der Waals surface area (Å²) in [5, 5.41) is 28.0. The number of rotatable bonds is 4. The van der Waals surface area contributed by atoms with Gasteiger partial charge in [0.15, 0.2) is 0 Å². The maximum atomic E-state index is 9.00. The lowest BCUT2D eigenvalue weighted by Gasteiger charge is -2.05. The van der Waals surface area contributed by atoms with Gasteiger partial charge in [-0.1, -0.05) is 0 Å². The zero-order chi connectivity index (χ0) is 10.4. The van der Waals surface area contributed by atoms with E-state index < -0.39 is 0 Å². The first-order chi connectivity index (χ1) is 6.72. The van der Waals surface area contributed by atoms with Crippen molar-refractivity contribution in [3.05, 3.63) is 17.8 Å². The van der Waals surface area contributed by atoms with Crippen molar-refractivity contribution in [3.63, 3.8) is 0 Å². The molecule has 0 aliphatic heterocycles. The lowest BCUT2D eigenvalue weighted by molar-refractivity contribution is 0.188. The topological polar surface area (TPSA) is 81.8 Å². The van der Waals surface area contributed by atoms with Crippen LogP contribution in [0.25, 0.3) is 0 Å². The van der Waals surface area contributed by atoms with Crippen molar-refractivity contribution in [1.82, 2.24) is 10.2 Å². The molecule has 0 aliphatic carbocycles. The van der Waals surface area contributed by atoms with E-state index in [0.29, 0.717) is 24.3 Å². The molecular weight excluding hydrogens is 180 g/mol. The molecule has 0 radical (unpaired) electrons. The number of nitrogens with one attached hydrogen (secondary N) is 1. The molecule has 1 aromatic rings. The van der Waals surface area contributed by atoms with Gasteiger partial charge in [0.05, 0.1) is 17.9 Å². The number of nitrogens with zero attached hydrogens (tertiary/aromatic N) is 3. The Morgan fingerprint density at radius 1 is 1.71 bits per heavy atom. The van der Waals surface area contributed by atoms with Gasteiger partial charge in [0.1, 0.15) is 11.9 Å². The highest BCUT2D eigenvalue weighted by atomic mass is 16.3. The Morgan fingerprint density at radius 2 is 2.50 bits per heavy atom. The standard InChI is InChI=1S/C9H12N4O/c1-7(14)2-3-11-9-4-8(5-10)6-12-13-9/h4,6-7,14H,2-3H2,1H3,(H,11,13). The number of aliphatic hydroxyl groups excluding tert-OH is 1. The monoisotopic (exact) mass is 192 g/mol. The third-order valence-electron chi connectivity index (χ3n) is 1.65. The molecule has 5 heteroatoms. The summed E-state index contributed by atoms with van der Waals surface area (Å²) in [6.07, 6.45) is 1.70. The van der Waals surface area contributed by atoms with Crippen LogP contribution in [0, 0.1) is 11.3 Å². The van der Waals surface area contributed by atoms with Crippen LogP contribution in [0.4, 0.5) is 5.82 Å². The minimum atomic E-state index is -0.338. The van der Waals surface area contributed by atoms with E-state index in [0.717, 1.165) is 0 Å². The minimum absolute atomic E-state index is 0.338. The molecule has 1 rings (SSSR count). The van der Waals surface area contributed by atoms with E-state index in [4.69, 9.17) is 10.4 Å². The van der Waals surface area contributed by atoms with Crippen LogP contribution in [0.5, 0.6) is 0 Å². The highest BCUT2D eigenvalue weighted by molar-refractivity contribution is 5.40. The fourth-order valence-electron chi connectivity index (χ4n) is 0.923. The normalized spacial score (nSPS) is 11.8. The largest absolute Gasteiger partial charge is 0.393 e. The van der Waals surface area contributed by atoms with E-state index in [-0.39, 0.29) is 6.10 Å². The van der Waals surface area contributed by atoms with Crippen LogP contribution in [0.3, 0.4) is 0 Å². The summed E-state index contributed by atoms with van der Waals surface area (Å²) < 4.78 is 0. The van der Waals surface area contributed by atoms with Gasteiger partial charge in [-0.2, -0.15) is 10.4 Å². The highest BCUT2D eigenvalue weighted by Crippen LogP contribution is 2.03. The van der Waals surface area contributed by atoms with Gasteiger partial charge in [-0.15, -0.1) is 5.10 Å². The molecule has 5 nitrogen and oxygen atoms in total. The molecule has 0 aromatic carbocycles. The molecule has 1 unspecified atom stereocenters. The Labute approximate surface area is 82.4 Å². The molecule has 0 spiro atoms. The summed E-state index contributed by atoms with van der Waals surface area (Å²) in [5.74, 6) is 0.560. The zero-order valence-electron chi connectivity index (χ0n) is 7.94. The summed E-state index contributed by atoms with van der Waals surface area (Å²) in [7, 11) is 0. The maximum absolute atomic E-state index is 9.00. The van der Waals surface area contributed by atoms with Gasteiger partial charge in [0.2, 0.25) is 0 Å². The van der Waals surface area contributed by atoms with Crippen molar-refractivity contribution >= 4 is 5.82 Å². The fraction of sp³-hybridized carbons (Fsp3) is 0.444. The van der Waals surface area contributed by atoms with Crippen LogP contribution in [0.2, 0.25) is 0 Å². The van der Waals surface area contributed by atoms with E-state index in [1.54, 1.807) is 13.0 Å². The van der Waals surface area contributed by atoms with Crippen LogP contribution < -0.4 is 5.32 Å². The van der Waals surface area contributed by atoms with Crippen LogP contribution in [0.15, 0.2) is 12.3 Å². The number of hydrogen-bond acceptors (Lipinski definition) is 5. The third-order valence-corrected chi connectivity index (χ3v) is 1.65. The third kappa shape index (κ3) is 3.37. The average molecular weight is 192 g/mol. The highest BCUT2D eigenvalue weighted by Gasteiger charge is 1.98. The Morgan fingerprint density at radius 3 is 3.14 bits per heavy atom. The van der Waals surface area contributed by atoms with Crippen LogP contribution >= 0.6 is 0 Å². The molecule has 1 heterocycles. The molecule has 0 saturated carbocycles. The number of anilines is 1. The van der Waals surface area contributed by atoms with Crippen molar-refractivity contribution in [2.45, 2.75) is 19.4 Å². The number of aromatic nitrogens is 2. The second-order valence-electron chi connectivity index (χ2n) is 3.01. The molecule has 0 saturated heterocycles. The lowest BCUT2D eigenvalue weighted by atomic mass is 10.3. The summed E-state index contributed by atoms with van der Waals surface area (Å²) in [4.78, 5) is 0. The van der Waals surface area contributed by atoms with Gasteiger partial charge < -0.3 is 10.4 Å². The van der Waals surface area contributed by atoms with Crippen LogP contribution in [0.1, 0.15) is 18.9 Å².